The van der Waals surface area contributed by atoms with Gasteiger partial charge in [-0.1, -0.05) is 26.0 Å². The Morgan fingerprint density at radius 2 is 1.74 bits per heavy atom. The number of benzene rings is 1. The lowest BCUT2D eigenvalue weighted by Gasteiger charge is -2.19. The number of fused-ring (bicyclic) bond motifs is 1. The number of aryl methyl sites for hydroxylation is 4. The standard InChI is InChI=1S/C35H34FN7O2S/c1-19(2)15-27-29(33(37)44)31(28-17-24-12-14-39-34(32(24)46-28)40-18-23-11-13-38-20(3)16-23)30(35-43-42-21(4)45-35)26(41-27)10-7-22-5-8-25(36)9-6-22/h5-6,8-9,11-14,16-17,19H,7,10,15,18H2,1-4H3,(H2,37,44)(H,39,40). The number of thiophene rings is 1. The maximum Gasteiger partial charge on any atom is 0.251 e. The van der Waals surface area contributed by atoms with Gasteiger partial charge in [0.25, 0.3) is 5.91 Å². The summed E-state index contributed by atoms with van der Waals surface area (Å²) in [6, 6.07) is 14.4. The molecule has 6 rings (SSSR count). The summed E-state index contributed by atoms with van der Waals surface area (Å²) >= 11 is 1.51. The summed E-state index contributed by atoms with van der Waals surface area (Å²) in [7, 11) is 0. The molecule has 1 amide bonds. The van der Waals surface area contributed by atoms with Crippen molar-refractivity contribution in [3.8, 4) is 21.9 Å². The molecule has 0 radical (unpaired) electrons. The van der Waals surface area contributed by atoms with E-state index < -0.39 is 5.91 Å². The Morgan fingerprint density at radius 3 is 2.43 bits per heavy atom. The highest BCUT2D eigenvalue weighted by Gasteiger charge is 2.29. The van der Waals surface area contributed by atoms with E-state index in [1.54, 1.807) is 31.5 Å². The van der Waals surface area contributed by atoms with Crippen LogP contribution in [0.1, 0.15) is 58.3 Å². The van der Waals surface area contributed by atoms with Crippen LogP contribution in [-0.2, 0) is 25.8 Å². The van der Waals surface area contributed by atoms with Crippen LogP contribution >= 0.6 is 11.3 Å². The smallest absolute Gasteiger partial charge is 0.251 e. The number of carbonyl (C=O) groups is 1. The molecule has 6 aromatic rings. The van der Waals surface area contributed by atoms with Gasteiger partial charge in [-0.3, -0.25) is 14.8 Å². The summed E-state index contributed by atoms with van der Waals surface area (Å²) in [6.45, 7) is 8.41. The van der Waals surface area contributed by atoms with Gasteiger partial charge in [-0.05, 0) is 85.0 Å². The maximum atomic E-state index is 13.6. The fourth-order valence-electron chi connectivity index (χ4n) is 5.57. The van der Waals surface area contributed by atoms with Gasteiger partial charge in [0.15, 0.2) is 0 Å². The summed E-state index contributed by atoms with van der Waals surface area (Å²) in [5.41, 5.74) is 12.0. The van der Waals surface area contributed by atoms with Gasteiger partial charge in [0.1, 0.15) is 11.6 Å². The quantitative estimate of drug-likeness (QED) is 0.152. The van der Waals surface area contributed by atoms with Crippen molar-refractivity contribution in [2.75, 3.05) is 5.32 Å². The second kappa shape index (κ2) is 13.1. The first kappa shape index (κ1) is 31.0. The number of primary amides is 1. The number of nitrogens with zero attached hydrogens (tertiary/aromatic N) is 5. The summed E-state index contributed by atoms with van der Waals surface area (Å²) in [5.74, 6) is 0.708. The van der Waals surface area contributed by atoms with Crippen LogP contribution in [0.5, 0.6) is 0 Å². The van der Waals surface area contributed by atoms with Crippen LogP contribution in [-0.4, -0.2) is 31.1 Å². The molecule has 0 saturated carbocycles. The van der Waals surface area contributed by atoms with Crippen molar-refractivity contribution in [2.24, 2.45) is 11.7 Å². The van der Waals surface area contributed by atoms with Crippen LogP contribution in [0, 0.1) is 25.6 Å². The lowest BCUT2D eigenvalue weighted by molar-refractivity contribution is 0.0999. The Morgan fingerprint density at radius 1 is 0.957 bits per heavy atom. The maximum absolute atomic E-state index is 13.6. The highest BCUT2D eigenvalue weighted by atomic mass is 32.1. The molecule has 0 fully saturated rings. The molecule has 5 aromatic heterocycles. The van der Waals surface area contributed by atoms with E-state index in [9.17, 15) is 9.18 Å². The van der Waals surface area contributed by atoms with Crippen molar-refractivity contribution in [3.05, 3.63) is 106 Å². The van der Waals surface area contributed by atoms with Gasteiger partial charge in [-0.25, -0.2) is 9.37 Å². The number of pyridine rings is 3. The number of hydrogen-bond donors (Lipinski definition) is 2. The molecular weight excluding hydrogens is 601 g/mol. The highest BCUT2D eigenvalue weighted by Crippen LogP contribution is 2.44. The van der Waals surface area contributed by atoms with Crippen molar-refractivity contribution in [1.29, 1.82) is 0 Å². The van der Waals surface area contributed by atoms with E-state index in [2.05, 4.69) is 39.3 Å². The van der Waals surface area contributed by atoms with Gasteiger partial charge < -0.3 is 15.5 Å². The van der Waals surface area contributed by atoms with Gasteiger partial charge in [0, 0.05) is 42.0 Å². The first-order valence-electron chi connectivity index (χ1n) is 15.1. The molecule has 1 aromatic carbocycles. The van der Waals surface area contributed by atoms with Crippen molar-refractivity contribution in [1.82, 2.24) is 25.1 Å². The predicted octanol–water partition coefficient (Wildman–Crippen LogP) is 7.25. The van der Waals surface area contributed by atoms with Crippen LogP contribution in [0.4, 0.5) is 10.2 Å². The lowest BCUT2D eigenvalue weighted by Crippen LogP contribution is -2.20. The van der Waals surface area contributed by atoms with Gasteiger partial charge in [0.2, 0.25) is 11.8 Å². The molecule has 5 heterocycles. The van der Waals surface area contributed by atoms with Gasteiger partial charge in [-0.2, -0.15) is 0 Å². The Labute approximate surface area is 270 Å². The second-order valence-corrected chi connectivity index (χ2v) is 12.7. The molecule has 0 bridgehead atoms. The molecule has 11 heteroatoms. The number of nitrogens with one attached hydrogen (secondary N) is 1. The molecule has 0 aliphatic carbocycles. The monoisotopic (exact) mass is 635 g/mol. The van der Waals surface area contributed by atoms with Crippen LogP contribution in [0.15, 0.2) is 65.3 Å². The van der Waals surface area contributed by atoms with Crippen LogP contribution in [0.2, 0.25) is 0 Å². The third-order valence-corrected chi connectivity index (χ3v) is 8.77. The minimum atomic E-state index is -0.581. The van der Waals surface area contributed by atoms with E-state index in [0.717, 1.165) is 37.6 Å². The topological polar surface area (TPSA) is 133 Å². The van der Waals surface area contributed by atoms with Crippen molar-refractivity contribution < 1.29 is 13.6 Å². The molecule has 0 atom stereocenters. The number of halogens is 1. The number of amides is 1. The SMILES string of the molecule is Cc1cc(CNc2nccc3cc(-c4c(C(N)=O)c(CC(C)C)nc(CCc5ccc(F)cc5)c4-c4nnc(C)o4)sc23)ccn1. The van der Waals surface area contributed by atoms with E-state index in [4.69, 9.17) is 15.1 Å². The summed E-state index contributed by atoms with van der Waals surface area (Å²) < 4.78 is 20.6. The molecule has 3 N–H and O–H groups in total. The Kier molecular flexibility index (Phi) is 8.85. The van der Waals surface area contributed by atoms with E-state index in [0.29, 0.717) is 59.8 Å². The van der Waals surface area contributed by atoms with Gasteiger partial charge in [-0.15, -0.1) is 21.5 Å². The van der Waals surface area contributed by atoms with E-state index in [1.807, 2.05) is 31.2 Å². The Bertz CT molecular complexity index is 2040. The van der Waals surface area contributed by atoms with Crippen molar-refractivity contribution >= 4 is 33.1 Å². The molecule has 234 valence electrons. The zero-order valence-electron chi connectivity index (χ0n) is 26.1. The zero-order valence-corrected chi connectivity index (χ0v) is 26.9. The molecule has 0 spiro atoms. The third kappa shape index (κ3) is 6.64. The average molecular weight is 636 g/mol. The highest BCUT2D eigenvalue weighted by molar-refractivity contribution is 7.23. The first-order chi connectivity index (χ1) is 22.2. The van der Waals surface area contributed by atoms with Crippen molar-refractivity contribution in [3.63, 3.8) is 0 Å². The number of nitrogens with two attached hydrogens (primary N) is 1. The molecular formula is C35H34FN7O2S. The normalized spacial score (nSPS) is 11.4. The van der Waals surface area contributed by atoms with Gasteiger partial charge >= 0.3 is 0 Å². The predicted molar refractivity (Wildman–Crippen MR) is 178 cm³/mol. The molecule has 0 unspecified atom stereocenters. The van der Waals surface area contributed by atoms with Gasteiger partial charge in [0.05, 0.1) is 27.2 Å². The summed E-state index contributed by atoms with van der Waals surface area (Å²) in [6.07, 6.45) is 5.18. The number of aromatic nitrogens is 5. The first-order valence-corrected chi connectivity index (χ1v) is 15.9. The fourth-order valence-corrected chi connectivity index (χ4v) is 6.75. The second-order valence-electron chi connectivity index (χ2n) is 11.7. The van der Waals surface area contributed by atoms with E-state index in [-0.39, 0.29) is 17.6 Å². The number of anilines is 1. The Balaban J connectivity index is 1.53. The fraction of sp³-hybridized carbons (Fsp3) is 0.257. The lowest BCUT2D eigenvalue weighted by atomic mass is 9.91. The van der Waals surface area contributed by atoms with Crippen LogP contribution in [0.25, 0.3) is 32.0 Å². The molecule has 0 saturated heterocycles. The third-order valence-electron chi connectivity index (χ3n) is 7.60. The van der Waals surface area contributed by atoms with Crippen LogP contribution in [0.3, 0.4) is 0 Å². The molecule has 0 aliphatic heterocycles. The Hall–Kier alpha value is -5.03. The zero-order chi connectivity index (χ0) is 32.4. The number of rotatable bonds is 11. The summed E-state index contributed by atoms with van der Waals surface area (Å²) in [4.78, 5) is 28.1. The molecule has 46 heavy (non-hydrogen) atoms. The number of hydrogen-bond acceptors (Lipinski definition) is 9. The average Bonchev–Trinajstić information content (AvgIpc) is 3.65. The van der Waals surface area contributed by atoms with E-state index in [1.165, 1.54) is 23.5 Å². The molecule has 0 aliphatic rings. The molecule has 9 nitrogen and oxygen atoms in total. The minimum Gasteiger partial charge on any atom is -0.421 e. The van der Waals surface area contributed by atoms with E-state index >= 15 is 0 Å². The number of carbonyl (C=O) groups excluding carboxylic acids is 1. The van der Waals surface area contributed by atoms with Crippen LogP contribution < -0.4 is 11.1 Å². The largest absolute Gasteiger partial charge is 0.421 e. The summed E-state index contributed by atoms with van der Waals surface area (Å²) in [5, 5.41) is 12.9. The van der Waals surface area contributed by atoms with Crippen molar-refractivity contribution in [2.45, 2.75) is 53.5 Å². The minimum absolute atomic E-state index is 0.208.